The van der Waals surface area contributed by atoms with Crippen molar-refractivity contribution in [2.75, 3.05) is 11.5 Å². The summed E-state index contributed by atoms with van der Waals surface area (Å²) in [6.45, 7) is 2.01. The van der Waals surface area contributed by atoms with Crippen molar-refractivity contribution in [3.8, 4) is 17.3 Å². The molecule has 1 amide bonds. The fraction of sp³-hybridized carbons (Fsp3) is 0.381. The Labute approximate surface area is 192 Å². The number of fused-ring (bicyclic) bond motifs is 1. The minimum Gasteiger partial charge on any atom is -0.473 e. The minimum atomic E-state index is -3.17. The first-order valence-electron chi connectivity index (χ1n) is 10.2. The van der Waals surface area contributed by atoms with Crippen molar-refractivity contribution in [2.24, 2.45) is 0 Å². The number of benzene rings is 1. The normalized spacial score (nSPS) is 16.5. The second kappa shape index (κ2) is 8.46. The second-order valence-corrected chi connectivity index (χ2v) is 10.6. The van der Waals surface area contributed by atoms with Crippen molar-refractivity contribution < 1.29 is 35.9 Å². The maximum atomic E-state index is 14.6. The van der Waals surface area contributed by atoms with E-state index in [2.05, 4.69) is 20.1 Å². The Morgan fingerprint density at radius 3 is 2.53 bits per heavy atom. The summed E-state index contributed by atoms with van der Waals surface area (Å²) < 4.78 is 74.0. The molecule has 0 bridgehead atoms. The summed E-state index contributed by atoms with van der Waals surface area (Å²) in [7, 11) is -3.17. The van der Waals surface area contributed by atoms with Gasteiger partial charge >= 0.3 is 6.61 Å². The number of nitrogens with one attached hydrogen (secondary N) is 1. The number of nitrogens with zero attached hydrogens (tertiary/aromatic N) is 3. The van der Waals surface area contributed by atoms with Crippen LogP contribution in [0.2, 0.25) is 0 Å². The molecule has 9 nitrogen and oxygen atoms in total. The standard InChI is InChI=1S/C21H21F3N4O5S/c1-11(2)32-19-14-6-12(18(29)26-21(3)9-34(30,31)10-21)8-25-17(14)28(27-19)16-7-13(33-20(23)24)4-5-15(16)22/h4-8,11,20H,9-10H2,1-3H3,(H,26,29). The van der Waals surface area contributed by atoms with Gasteiger partial charge in [-0.05, 0) is 39.0 Å². The molecule has 13 heteroatoms. The van der Waals surface area contributed by atoms with Crippen LogP contribution in [0.1, 0.15) is 31.1 Å². The van der Waals surface area contributed by atoms with Gasteiger partial charge in [0.25, 0.3) is 5.91 Å². The third-order valence-electron chi connectivity index (χ3n) is 4.96. The number of hydrogen-bond acceptors (Lipinski definition) is 7. The number of alkyl halides is 2. The molecular weight excluding hydrogens is 477 g/mol. The molecule has 0 unspecified atom stereocenters. The maximum Gasteiger partial charge on any atom is 0.387 e. The molecule has 0 aliphatic carbocycles. The molecule has 1 saturated heterocycles. The van der Waals surface area contributed by atoms with Gasteiger partial charge in [0.05, 0.1) is 34.1 Å². The molecular formula is C21H21F3N4O5S. The Balaban J connectivity index is 1.75. The van der Waals surface area contributed by atoms with E-state index in [1.165, 1.54) is 12.3 Å². The van der Waals surface area contributed by atoms with Crippen LogP contribution in [0.5, 0.6) is 11.6 Å². The van der Waals surface area contributed by atoms with Crippen LogP contribution in [0.4, 0.5) is 13.2 Å². The van der Waals surface area contributed by atoms with Crippen molar-refractivity contribution >= 4 is 26.8 Å². The Bertz CT molecular complexity index is 1360. The molecule has 1 aliphatic rings. The number of amides is 1. The second-order valence-electron chi connectivity index (χ2n) is 8.52. The smallest absolute Gasteiger partial charge is 0.387 e. The fourth-order valence-corrected chi connectivity index (χ4v) is 5.76. The molecule has 1 aliphatic heterocycles. The SMILES string of the molecule is CC(C)Oc1nn(-c2cc(OC(F)F)ccc2F)c2ncc(C(=O)NC3(C)CS(=O)(=O)C3)cc12. The molecule has 0 saturated carbocycles. The van der Waals surface area contributed by atoms with Gasteiger partial charge in [0, 0.05) is 12.3 Å². The zero-order chi connectivity index (χ0) is 24.8. The van der Waals surface area contributed by atoms with Gasteiger partial charge in [-0.15, -0.1) is 5.10 Å². The molecule has 4 rings (SSSR count). The maximum absolute atomic E-state index is 14.6. The number of pyridine rings is 1. The van der Waals surface area contributed by atoms with E-state index in [0.29, 0.717) is 0 Å². The Morgan fingerprint density at radius 1 is 1.21 bits per heavy atom. The van der Waals surface area contributed by atoms with Crippen LogP contribution in [-0.4, -0.2) is 58.8 Å². The monoisotopic (exact) mass is 498 g/mol. The van der Waals surface area contributed by atoms with E-state index in [1.807, 2.05) is 0 Å². The molecule has 1 aromatic carbocycles. The molecule has 0 atom stereocenters. The molecule has 0 radical (unpaired) electrons. The Kier molecular flexibility index (Phi) is 5.92. The summed E-state index contributed by atoms with van der Waals surface area (Å²) in [5.41, 5.74) is -0.876. The lowest BCUT2D eigenvalue weighted by atomic mass is 10.1. The predicted octanol–water partition coefficient (Wildman–Crippen LogP) is 2.87. The summed E-state index contributed by atoms with van der Waals surface area (Å²) in [6.07, 6.45) is 0.893. The highest BCUT2D eigenvalue weighted by molar-refractivity contribution is 7.93. The topological polar surface area (TPSA) is 112 Å². The van der Waals surface area contributed by atoms with Gasteiger partial charge in [-0.2, -0.15) is 8.78 Å². The minimum absolute atomic E-state index is 0.0455. The highest BCUT2D eigenvalue weighted by Gasteiger charge is 2.45. The number of hydrogen-bond donors (Lipinski definition) is 1. The summed E-state index contributed by atoms with van der Waals surface area (Å²) in [5, 5.41) is 7.20. The predicted molar refractivity (Wildman–Crippen MR) is 116 cm³/mol. The largest absolute Gasteiger partial charge is 0.473 e. The Morgan fingerprint density at radius 2 is 1.91 bits per heavy atom. The van der Waals surface area contributed by atoms with Crippen LogP contribution in [0.3, 0.4) is 0 Å². The molecule has 3 heterocycles. The summed E-state index contributed by atoms with van der Waals surface area (Å²) >= 11 is 0. The highest BCUT2D eigenvalue weighted by atomic mass is 32.2. The van der Waals surface area contributed by atoms with Crippen LogP contribution >= 0.6 is 0 Å². The molecule has 1 fully saturated rings. The van der Waals surface area contributed by atoms with Crippen LogP contribution < -0.4 is 14.8 Å². The third-order valence-corrected chi connectivity index (χ3v) is 7.12. The van der Waals surface area contributed by atoms with Crippen LogP contribution in [0, 0.1) is 5.82 Å². The molecule has 34 heavy (non-hydrogen) atoms. The van der Waals surface area contributed by atoms with E-state index in [0.717, 1.165) is 22.9 Å². The third kappa shape index (κ3) is 4.79. The first kappa shape index (κ1) is 23.8. The number of carbonyl (C=O) groups is 1. The van der Waals surface area contributed by atoms with E-state index in [4.69, 9.17) is 4.74 Å². The van der Waals surface area contributed by atoms with Crippen molar-refractivity contribution in [2.45, 2.75) is 39.0 Å². The van der Waals surface area contributed by atoms with Crippen molar-refractivity contribution in [1.82, 2.24) is 20.1 Å². The molecule has 2 aromatic heterocycles. The number of sulfone groups is 1. The number of carbonyl (C=O) groups excluding carboxylic acids is 1. The van der Waals surface area contributed by atoms with Crippen LogP contribution in [0.25, 0.3) is 16.7 Å². The van der Waals surface area contributed by atoms with Gasteiger partial charge in [-0.3, -0.25) is 4.79 Å². The number of rotatable bonds is 7. The lowest BCUT2D eigenvalue weighted by Crippen LogP contribution is -2.63. The van der Waals surface area contributed by atoms with Gasteiger partial charge in [-0.25, -0.2) is 22.5 Å². The Hall–Kier alpha value is -3.35. The van der Waals surface area contributed by atoms with Crippen molar-refractivity contribution in [1.29, 1.82) is 0 Å². The average molecular weight is 498 g/mol. The summed E-state index contributed by atoms with van der Waals surface area (Å²) in [6, 6.07) is 4.50. The van der Waals surface area contributed by atoms with E-state index in [-0.39, 0.29) is 51.5 Å². The van der Waals surface area contributed by atoms with Gasteiger partial charge in [-0.1, -0.05) is 0 Å². The van der Waals surface area contributed by atoms with E-state index < -0.39 is 33.7 Å². The van der Waals surface area contributed by atoms with Crippen LogP contribution in [0.15, 0.2) is 30.5 Å². The fourth-order valence-electron chi connectivity index (χ4n) is 3.76. The van der Waals surface area contributed by atoms with Crippen molar-refractivity contribution in [3.63, 3.8) is 0 Å². The molecule has 0 spiro atoms. The van der Waals surface area contributed by atoms with Gasteiger partial charge in [0.2, 0.25) is 5.88 Å². The summed E-state index contributed by atoms with van der Waals surface area (Å²) in [5.74, 6) is -1.89. The molecule has 3 aromatic rings. The quantitative estimate of drug-likeness (QED) is 0.533. The van der Waals surface area contributed by atoms with Crippen molar-refractivity contribution in [3.05, 3.63) is 41.8 Å². The highest BCUT2D eigenvalue weighted by Crippen LogP contribution is 2.31. The number of aromatic nitrogens is 3. The lowest BCUT2D eigenvalue weighted by molar-refractivity contribution is -0.0498. The zero-order valence-electron chi connectivity index (χ0n) is 18.4. The molecule has 1 N–H and O–H groups in total. The van der Waals surface area contributed by atoms with Gasteiger partial charge < -0.3 is 14.8 Å². The van der Waals surface area contributed by atoms with E-state index in [9.17, 15) is 26.4 Å². The van der Waals surface area contributed by atoms with Gasteiger partial charge in [0.1, 0.15) is 17.3 Å². The number of ether oxygens (including phenoxy) is 2. The van der Waals surface area contributed by atoms with E-state index in [1.54, 1.807) is 20.8 Å². The van der Waals surface area contributed by atoms with E-state index >= 15 is 0 Å². The van der Waals surface area contributed by atoms with Gasteiger partial charge in [0.15, 0.2) is 15.5 Å². The average Bonchev–Trinajstić information content (AvgIpc) is 3.04. The summed E-state index contributed by atoms with van der Waals surface area (Å²) in [4.78, 5) is 17.0. The molecule has 182 valence electrons. The zero-order valence-corrected chi connectivity index (χ0v) is 19.2. The lowest BCUT2D eigenvalue weighted by Gasteiger charge is -2.38. The first-order chi connectivity index (χ1) is 15.9. The number of halogens is 3. The first-order valence-corrected chi connectivity index (χ1v) is 12.0. The van der Waals surface area contributed by atoms with Crippen LogP contribution in [-0.2, 0) is 9.84 Å².